The second-order valence-corrected chi connectivity index (χ2v) is 3.93. The molecule has 0 saturated carbocycles. The second-order valence-electron chi connectivity index (χ2n) is 3.93. The van der Waals surface area contributed by atoms with Gasteiger partial charge >= 0.3 is 0 Å². The van der Waals surface area contributed by atoms with Crippen LogP contribution in [0.5, 0.6) is 0 Å². The highest BCUT2D eigenvalue weighted by atomic mass is 15.2. The quantitative estimate of drug-likeness (QED) is 0.622. The predicted molar refractivity (Wildman–Crippen MR) is 71.5 cm³/mol. The molecule has 5 N–H and O–H groups in total. The number of aromatic amines is 1. The van der Waals surface area contributed by atoms with Crippen LogP contribution in [0.2, 0.25) is 0 Å². The molecule has 0 aliphatic carbocycles. The van der Waals surface area contributed by atoms with E-state index < -0.39 is 0 Å². The van der Waals surface area contributed by atoms with Crippen LogP contribution < -0.4 is 16.4 Å². The molecule has 0 spiro atoms. The Labute approximate surface area is 105 Å². The molecule has 2 aromatic rings. The molecule has 0 saturated heterocycles. The van der Waals surface area contributed by atoms with Gasteiger partial charge in [-0.3, -0.25) is 0 Å². The second kappa shape index (κ2) is 5.35. The van der Waals surface area contributed by atoms with Crippen molar-refractivity contribution in [3.05, 3.63) is 23.5 Å². The number of aryl methyl sites for hydroxylation is 1. The third-order valence-corrected chi connectivity index (χ3v) is 2.45. The van der Waals surface area contributed by atoms with Crippen molar-refractivity contribution in [2.45, 2.75) is 13.3 Å². The summed E-state index contributed by atoms with van der Waals surface area (Å²) in [4.78, 5) is 15.4. The molecule has 0 aliphatic rings. The van der Waals surface area contributed by atoms with E-state index in [4.69, 9.17) is 5.73 Å². The molecule has 7 nitrogen and oxygen atoms in total. The van der Waals surface area contributed by atoms with Gasteiger partial charge in [-0.25, -0.2) is 0 Å². The maximum absolute atomic E-state index is 5.57. The maximum Gasteiger partial charge on any atom is 0.229 e. The monoisotopic (exact) mass is 247 g/mol. The van der Waals surface area contributed by atoms with Crippen molar-refractivity contribution in [2.75, 3.05) is 30.0 Å². The number of hydrogen-bond donors (Lipinski definition) is 4. The van der Waals surface area contributed by atoms with Gasteiger partial charge in [0.1, 0.15) is 0 Å². The van der Waals surface area contributed by atoms with Crippen LogP contribution >= 0.6 is 0 Å². The van der Waals surface area contributed by atoms with Crippen molar-refractivity contribution in [1.82, 2.24) is 19.9 Å². The van der Waals surface area contributed by atoms with Gasteiger partial charge in [-0.15, -0.1) is 0 Å². The fraction of sp³-hybridized carbons (Fsp3) is 0.364. The third kappa shape index (κ3) is 3.09. The zero-order valence-electron chi connectivity index (χ0n) is 10.5. The summed E-state index contributed by atoms with van der Waals surface area (Å²) < 4.78 is 0. The summed E-state index contributed by atoms with van der Waals surface area (Å²) in [6, 6.07) is 4.12. The third-order valence-electron chi connectivity index (χ3n) is 2.45. The molecule has 0 aromatic carbocycles. The van der Waals surface area contributed by atoms with E-state index in [1.54, 1.807) is 7.05 Å². The highest BCUT2D eigenvalue weighted by Gasteiger charge is 2.02. The number of nitrogens with two attached hydrogens (primary N) is 1. The first kappa shape index (κ1) is 12.2. The number of aromatic nitrogens is 4. The van der Waals surface area contributed by atoms with E-state index >= 15 is 0 Å². The zero-order chi connectivity index (χ0) is 13.0. The summed E-state index contributed by atoms with van der Waals surface area (Å²) in [7, 11) is 1.74. The lowest BCUT2D eigenvalue weighted by molar-refractivity contribution is 0.939. The van der Waals surface area contributed by atoms with Crippen molar-refractivity contribution in [2.24, 2.45) is 0 Å². The molecule has 0 atom stereocenters. The Kier molecular flexibility index (Phi) is 3.61. The van der Waals surface area contributed by atoms with Crippen molar-refractivity contribution in [3.63, 3.8) is 0 Å². The molecule has 7 heteroatoms. The molecule has 0 amide bonds. The van der Waals surface area contributed by atoms with Crippen molar-refractivity contribution < 1.29 is 0 Å². The number of rotatable bonds is 5. The Balaban J connectivity index is 1.91. The normalized spacial score (nSPS) is 10.3. The van der Waals surface area contributed by atoms with Crippen LogP contribution in [0.1, 0.15) is 11.4 Å². The lowest BCUT2D eigenvalue weighted by Crippen LogP contribution is -2.11. The van der Waals surface area contributed by atoms with Crippen molar-refractivity contribution in [3.8, 4) is 0 Å². The highest BCUT2D eigenvalue weighted by molar-refractivity contribution is 5.39. The predicted octanol–water partition coefficient (Wildman–Crippen LogP) is 0.787. The lowest BCUT2D eigenvalue weighted by Gasteiger charge is -2.06. The fourth-order valence-electron chi connectivity index (χ4n) is 1.60. The van der Waals surface area contributed by atoms with Crippen LogP contribution in [-0.4, -0.2) is 33.5 Å². The van der Waals surface area contributed by atoms with E-state index in [-0.39, 0.29) is 5.95 Å². The number of H-pyrrole nitrogens is 1. The zero-order valence-corrected chi connectivity index (χ0v) is 10.5. The molecule has 18 heavy (non-hydrogen) atoms. The maximum atomic E-state index is 5.57. The first-order valence-electron chi connectivity index (χ1n) is 5.75. The average Bonchev–Trinajstić information content (AvgIpc) is 2.74. The SMILES string of the molecule is CNc1nc(N)nc(NCCc2ccc(C)[nH]2)n1. The Bertz CT molecular complexity index is 520. The van der Waals surface area contributed by atoms with Gasteiger partial charge in [0.25, 0.3) is 0 Å². The van der Waals surface area contributed by atoms with Gasteiger partial charge in [0, 0.05) is 31.4 Å². The minimum atomic E-state index is 0.201. The van der Waals surface area contributed by atoms with E-state index in [1.807, 2.05) is 6.92 Å². The summed E-state index contributed by atoms with van der Waals surface area (Å²) >= 11 is 0. The standard InChI is InChI=1S/C11H17N7/c1-7-3-4-8(15-7)5-6-14-11-17-9(12)16-10(13-2)18-11/h3-4,15H,5-6H2,1-2H3,(H4,12,13,14,16,17,18). The lowest BCUT2D eigenvalue weighted by atomic mass is 10.3. The number of hydrogen-bond acceptors (Lipinski definition) is 6. The van der Waals surface area contributed by atoms with Gasteiger partial charge < -0.3 is 21.4 Å². The molecule has 0 aliphatic heterocycles. The number of anilines is 3. The van der Waals surface area contributed by atoms with Gasteiger partial charge in [-0.1, -0.05) is 0 Å². The summed E-state index contributed by atoms with van der Waals surface area (Å²) in [5.41, 5.74) is 7.91. The van der Waals surface area contributed by atoms with Crippen LogP contribution in [0, 0.1) is 6.92 Å². The first-order chi connectivity index (χ1) is 8.67. The summed E-state index contributed by atoms with van der Waals surface area (Å²) in [5.74, 6) is 1.14. The first-order valence-corrected chi connectivity index (χ1v) is 5.75. The van der Waals surface area contributed by atoms with Crippen LogP contribution in [0.4, 0.5) is 17.8 Å². The average molecular weight is 247 g/mol. The van der Waals surface area contributed by atoms with Gasteiger partial charge in [0.2, 0.25) is 17.8 Å². The molecule has 0 unspecified atom stereocenters. The molecule has 0 radical (unpaired) electrons. The molecule has 2 aromatic heterocycles. The number of nitrogens with one attached hydrogen (secondary N) is 3. The molecule has 0 bridgehead atoms. The van der Waals surface area contributed by atoms with Crippen LogP contribution in [0.3, 0.4) is 0 Å². The highest BCUT2D eigenvalue weighted by Crippen LogP contribution is 2.06. The largest absolute Gasteiger partial charge is 0.368 e. The summed E-state index contributed by atoms with van der Waals surface area (Å²) in [6.45, 7) is 2.76. The van der Waals surface area contributed by atoms with Crippen LogP contribution in [-0.2, 0) is 6.42 Å². The van der Waals surface area contributed by atoms with Crippen LogP contribution in [0.25, 0.3) is 0 Å². The number of nitrogen functional groups attached to an aromatic ring is 1. The fourth-order valence-corrected chi connectivity index (χ4v) is 1.60. The Hall–Kier alpha value is -2.31. The Morgan fingerprint density at radius 1 is 1.22 bits per heavy atom. The molecule has 0 fully saturated rings. The van der Waals surface area contributed by atoms with E-state index in [9.17, 15) is 0 Å². The van der Waals surface area contributed by atoms with E-state index in [0.29, 0.717) is 11.9 Å². The van der Waals surface area contributed by atoms with Gasteiger partial charge in [-0.05, 0) is 19.1 Å². The molecule has 2 rings (SSSR count). The molecular weight excluding hydrogens is 230 g/mol. The molecular formula is C11H17N7. The van der Waals surface area contributed by atoms with Gasteiger partial charge in [-0.2, -0.15) is 15.0 Å². The van der Waals surface area contributed by atoms with Crippen molar-refractivity contribution in [1.29, 1.82) is 0 Å². The molecule has 2 heterocycles. The summed E-state index contributed by atoms with van der Waals surface area (Å²) in [5, 5.41) is 5.95. The minimum Gasteiger partial charge on any atom is -0.368 e. The minimum absolute atomic E-state index is 0.201. The topological polar surface area (TPSA) is 105 Å². The van der Waals surface area contributed by atoms with E-state index in [2.05, 4.69) is 42.7 Å². The van der Waals surface area contributed by atoms with Gasteiger partial charge in [0.05, 0.1) is 0 Å². The van der Waals surface area contributed by atoms with Crippen LogP contribution in [0.15, 0.2) is 12.1 Å². The Morgan fingerprint density at radius 3 is 2.67 bits per heavy atom. The molecule has 96 valence electrons. The van der Waals surface area contributed by atoms with E-state index in [1.165, 1.54) is 5.69 Å². The Morgan fingerprint density at radius 2 is 2.00 bits per heavy atom. The van der Waals surface area contributed by atoms with Crippen molar-refractivity contribution >= 4 is 17.8 Å². The smallest absolute Gasteiger partial charge is 0.229 e. The summed E-state index contributed by atoms with van der Waals surface area (Å²) in [6.07, 6.45) is 0.869. The number of nitrogens with zero attached hydrogens (tertiary/aromatic N) is 3. The van der Waals surface area contributed by atoms with Gasteiger partial charge in [0.15, 0.2) is 0 Å². The van der Waals surface area contributed by atoms with E-state index in [0.717, 1.165) is 18.7 Å².